The molecule has 10 fully saturated rings. The lowest BCUT2D eigenvalue weighted by Crippen LogP contribution is -2.59. The van der Waals surface area contributed by atoms with E-state index in [0.717, 1.165) is 35.5 Å². The molecule has 0 atom stereocenters. The number of nitrogens with one attached hydrogen (secondary N) is 2. The second-order valence-electron chi connectivity index (χ2n) is 32.9. The van der Waals surface area contributed by atoms with E-state index in [4.69, 9.17) is 0 Å². The first kappa shape index (κ1) is 67.8. The summed E-state index contributed by atoms with van der Waals surface area (Å²) in [4.78, 5) is 0. The van der Waals surface area contributed by atoms with E-state index in [-0.39, 0.29) is 32.7 Å². The van der Waals surface area contributed by atoms with E-state index >= 15 is 0 Å². The van der Waals surface area contributed by atoms with Gasteiger partial charge in [-0.1, -0.05) is 322 Å². The lowest BCUT2D eigenvalue weighted by atomic mass is 9.53. The highest BCUT2D eigenvalue weighted by Gasteiger charge is 2.56. The zero-order valence-corrected chi connectivity index (χ0v) is 60.8. The average Bonchev–Trinajstić information content (AvgIpc) is 1.15. The first-order valence-electron chi connectivity index (χ1n) is 36.6. The molecule has 0 saturated heterocycles. The van der Waals surface area contributed by atoms with Gasteiger partial charge >= 0.3 is 0 Å². The molecular formula is C92H108N2P2. The predicted octanol–water partition coefficient (Wildman–Crippen LogP) is 22.0. The van der Waals surface area contributed by atoms with Gasteiger partial charge in [0.25, 0.3) is 0 Å². The summed E-state index contributed by atoms with van der Waals surface area (Å²) in [7, 11) is -4.10. The van der Waals surface area contributed by atoms with Gasteiger partial charge in [-0.05, 0) is 225 Å². The van der Waals surface area contributed by atoms with Gasteiger partial charge in [-0.25, -0.2) is 0 Å². The molecule has 0 spiro atoms. The van der Waals surface area contributed by atoms with Crippen LogP contribution < -0.4 is 31.4 Å². The fraction of sp³-hybridized carbons (Fsp3) is 0.370. The van der Waals surface area contributed by atoms with Crippen LogP contribution in [-0.2, 0) is 0 Å². The molecule has 2 N–H and O–H groups in total. The maximum atomic E-state index is 4.68. The molecule has 0 amide bonds. The van der Waals surface area contributed by atoms with E-state index in [1.54, 1.807) is 32.9 Å². The normalized spacial score (nSPS) is 27.1. The first-order chi connectivity index (χ1) is 46.4. The molecule has 8 bridgehead atoms. The molecule has 0 aromatic heterocycles. The quantitative estimate of drug-likeness (QED) is 0.148. The van der Waals surface area contributed by atoms with Crippen molar-refractivity contribution in [3.8, 4) is 0 Å². The highest BCUT2D eigenvalue weighted by Crippen LogP contribution is 2.65. The minimum absolute atomic E-state index is 0.223. The highest BCUT2D eigenvalue weighted by molar-refractivity contribution is 7.88. The lowest BCUT2D eigenvalue weighted by Gasteiger charge is -2.59. The fourth-order valence-corrected chi connectivity index (χ4v) is 29.1. The van der Waals surface area contributed by atoms with Crippen molar-refractivity contribution in [1.29, 1.82) is 0 Å². The number of hydrogen-bond donors (Lipinski definition) is 2. The number of rotatable bonds is 8. The first-order valence-corrected chi connectivity index (χ1v) is 40.2. The Hall–Kier alpha value is -6.76. The Balaban J connectivity index is 0.000000129. The van der Waals surface area contributed by atoms with Crippen molar-refractivity contribution in [3.05, 3.63) is 314 Å². The van der Waals surface area contributed by atoms with Gasteiger partial charge in [0.05, 0.1) is 0 Å². The molecule has 96 heavy (non-hydrogen) atoms. The minimum Gasteiger partial charge on any atom is -0.284 e. The summed E-state index contributed by atoms with van der Waals surface area (Å²) < 4.78 is 0. The van der Waals surface area contributed by atoms with Crippen LogP contribution >= 0.6 is 14.1 Å². The van der Waals surface area contributed by atoms with Crippen molar-refractivity contribution >= 4 is 45.9 Å². The molecular weight excluding hydrogens is 1190 g/mol. The Labute approximate surface area is 579 Å². The molecule has 0 radical (unpaired) electrons. The molecule has 20 rings (SSSR count). The predicted molar refractivity (Wildman–Crippen MR) is 419 cm³/mol. The largest absolute Gasteiger partial charge is 0.284 e. The molecule has 10 saturated carbocycles. The van der Waals surface area contributed by atoms with Gasteiger partial charge in [0.15, 0.2) is 0 Å². The molecule has 0 heterocycles. The van der Waals surface area contributed by atoms with Gasteiger partial charge < -0.3 is 0 Å². The van der Waals surface area contributed by atoms with Gasteiger partial charge in [0.2, 0.25) is 0 Å². The van der Waals surface area contributed by atoms with Crippen LogP contribution in [-0.4, -0.2) is 21.7 Å². The van der Waals surface area contributed by atoms with Crippen LogP contribution in [0.5, 0.6) is 0 Å². The van der Waals surface area contributed by atoms with Crippen molar-refractivity contribution in [2.75, 3.05) is 0 Å². The maximum absolute atomic E-state index is 4.68. The summed E-state index contributed by atoms with van der Waals surface area (Å²) in [6.45, 7) is 19.7. The van der Waals surface area contributed by atoms with Crippen molar-refractivity contribution in [1.82, 2.24) is 10.2 Å². The molecule has 4 heteroatoms. The van der Waals surface area contributed by atoms with Gasteiger partial charge in [0.1, 0.15) is 0 Å². The molecule has 8 aromatic rings. The Bertz CT molecular complexity index is 3440. The van der Waals surface area contributed by atoms with Gasteiger partial charge in [-0.2, -0.15) is 0 Å². The van der Waals surface area contributed by atoms with Crippen LogP contribution in [0.15, 0.2) is 314 Å². The standard InChI is InChI=1S/2C34H42NP.4C6H6/c2*1-32(2)23-33(3,4)31-19-29(18-30(31)32)36(27-11-7-5-8-12-27,28-13-9-6-10-14-28)35-34-20-24-15-25(21-34)17-26(16-24)22-34;4*1-2-4-6-5-3-1/h2*5-14,18-19,24-26,35H,15-17,20-23H2,1-4H3;4*1-6H. The van der Waals surface area contributed by atoms with Crippen LogP contribution in [0.1, 0.15) is 145 Å². The number of hydrogen-bond acceptors (Lipinski definition) is 2. The summed E-state index contributed by atoms with van der Waals surface area (Å²) in [6, 6.07) is 94.2. The molecule has 496 valence electrons. The SMILES string of the molecule is CC1(C)CC(C)(C)C2=CC(=P(NC34CC5CC(CC(C5)C3)C4)(c3ccccc3)c3ccccc3)C=C21.CC1(C)CC(C)(C)C2=CC(=P(NC34CC5CC(CC(C5)C3)C4)(c3ccccc3)c3ccccc3)C=C21.c1ccccc1.c1ccccc1.c1ccccc1.c1ccccc1. The number of benzene rings is 8. The number of allylic oxidation sites excluding steroid dienone is 8. The smallest absolute Gasteiger partial charge is 0.0230 e. The Morgan fingerprint density at radius 3 is 0.562 bits per heavy atom. The number of fused-ring (bicyclic) bond motifs is 2. The van der Waals surface area contributed by atoms with Crippen LogP contribution in [0.2, 0.25) is 0 Å². The third kappa shape index (κ3) is 14.5. The maximum Gasteiger partial charge on any atom is 0.0230 e. The van der Waals surface area contributed by atoms with E-state index in [2.05, 4.69) is 211 Å². The van der Waals surface area contributed by atoms with Crippen LogP contribution in [0, 0.1) is 57.2 Å². The van der Waals surface area contributed by atoms with Crippen molar-refractivity contribution in [3.63, 3.8) is 0 Å². The Kier molecular flexibility index (Phi) is 20.2. The molecule has 12 aliphatic carbocycles. The third-order valence-corrected chi connectivity index (χ3v) is 31.3. The highest BCUT2D eigenvalue weighted by atomic mass is 31.2. The van der Waals surface area contributed by atoms with E-state index in [1.807, 2.05) is 146 Å². The van der Waals surface area contributed by atoms with Gasteiger partial charge in [-0.3, -0.25) is 10.2 Å². The molecule has 12 aliphatic rings. The zero-order valence-electron chi connectivity index (χ0n) is 59.0. The van der Waals surface area contributed by atoms with Gasteiger partial charge in [-0.15, -0.1) is 0 Å². The molecule has 8 aromatic carbocycles. The lowest BCUT2D eigenvalue weighted by molar-refractivity contribution is -0.00772. The van der Waals surface area contributed by atoms with Crippen LogP contribution in [0.3, 0.4) is 0 Å². The fourth-order valence-electron chi connectivity index (χ4n) is 20.8. The molecule has 2 nitrogen and oxygen atoms in total. The minimum atomic E-state index is -2.05. The van der Waals surface area contributed by atoms with Crippen molar-refractivity contribution in [2.45, 2.75) is 156 Å². The summed E-state index contributed by atoms with van der Waals surface area (Å²) in [5.41, 5.74) is 7.81. The summed E-state index contributed by atoms with van der Waals surface area (Å²) in [6.07, 6.45) is 30.2. The summed E-state index contributed by atoms with van der Waals surface area (Å²) in [5, 5.41) is 18.4. The van der Waals surface area contributed by atoms with Crippen molar-refractivity contribution in [2.24, 2.45) is 57.2 Å². The third-order valence-electron chi connectivity index (χ3n) is 23.3. The van der Waals surface area contributed by atoms with E-state index < -0.39 is 14.1 Å². The monoisotopic (exact) mass is 1300 g/mol. The van der Waals surface area contributed by atoms with Crippen LogP contribution in [0.25, 0.3) is 0 Å². The molecule has 0 aliphatic heterocycles. The summed E-state index contributed by atoms with van der Waals surface area (Å²) in [5.74, 6) is 5.58. The Morgan fingerprint density at radius 2 is 0.396 bits per heavy atom. The topological polar surface area (TPSA) is 24.1 Å². The average molecular weight is 1300 g/mol. The Morgan fingerprint density at radius 1 is 0.240 bits per heavy atom. The zero-order chi connectivity index (χ0) is 66.5. The second kappa shape index (κ2) is 28.6. The second-order valence-corrected chi connectivity index (χ2v) is 39.1. The van der Waals surface area contributed by atoms with E-state index in [0.29, 0.717) is 0 Å². The van der Waals surface area contributed by atoms with E-state index in [1.165, 1.54) is 111 Å². The van der Waals surface area contributed by atoms with Crippen LogP contribution in [0.4, 0.5) is 0 Å². The van der Waals surface area contributed by atoms with Crippen molar-refractivity contribution < 1.29 is 0 Å². The van der Waals surface area contributed by atoms with E-state index in [9.17, 15) is 0 Å². The molecule has 0 unspecified atom stereocenters. The van der Waals surface area contributed by atoms with Gasteiger partial charge in [0, 0.05) is 25.2 Å². The summed E-state index contributed by atoms with van der Waals surface area (Å²) >= 11 is 0.